The van der Waals surface area contributed by atoms with E-state index in [2.05, 4.69) is 19.7 Å². The Morgan fingerprint density at radius 1 is 1.00 bits per heavy atom. The molecule has 0 radical (unpaired) electrons. The molecule has 1 saturated heterocycles. The molecule has 1 saturated carbocycles. The highest BCUT2D eigenvalue weighted by atomic mass is 19.1. The predicted octanol–water partition coefficient (Wildman–Crippen LogP) is 3.20. The lowest BCUT2D eigenvalue weighted by molar-refractivity contribution is 0.120. The molecule has 0 spiro atoms. The maximum atomic E-state index is 13.9. The van der Waals surface area contributed by atoms with Gasteiger partial charge in [-0.2, -0.15) is 0 Å². The minimum absolute atomic E-state index is 0.111. The van der Waals surface area contributed by atoms with Gasteiger partial charge < -0.3 is 4.90 Å². The second kappa shape index (κ2) is 8.60. The first-order valence-electron chi connectivity index (χ1n) is 11.5. The highest BCUT2D eigenvalue weighted by Gasteiger charge is 2.30. The van der Waals surface area contributed by atoms with Gasteiger partial charge >= 0.3 is 0 Å². The quantitative estimate of drug-likeness (QED) is 0.775. The minimum Gasteiger partial charge on any atom is -0.354 e. The topological polar surface area (TPSA) is 35.5 Å². The van der Waals surface area contributed by atoms with Gasteiger partial charge in [0.15, 0.2) is 0 Å². The van der Waals surface area contributed by atoms with Crippen LogP contribution in [0.15, 0.2) is 24.5 Å². The molecule has 3 aliphatic rings. The number of rotatable bonds is 4. The molecule has 2 aliphatic heterocycles. The summed E-state index contributed by atoms with van der Waals surface area (Å²) in [6.45, 7) is 9.01. The zero-order valence-electron chi connectivity index (χ0n) is 18.0. The summed E-state index contributed by atoms with van der Waals surface area (Å²) in [6.07, 6.45) is 7.80. The van der Waals surface area contributed by atoms with Crippen molar-refractivity contribution in [2.24, 2.45) is 0 Å². The van der Waals surface area contributed by atoms with E-state index in [4.69, 9.17) is 4.98 Å². The Labute approximate surface area is 178 Å². The first-order valence-corrected chi connectivity index (χ1v) is 11.5. The van der Waals surface area contributed by atoms with Crippen LogP contribution >= 0.6 is 0 Å². The van der Waals surface area contributed by atoms with Crippen molar-refractivity contribution < 1.29 is 4.39 Å². The van der Waals surface area contributed by atoms with Crippen molar-refractivity contribution in [2.45, 2.75) is 51.6 Å². The Balaban J connectivity index is 1.27. The van der Waals surface area contributed by atoms with Gasteiger partial charge in [0.2, 0.25) is 0 Å². The molecule has 0 bridgehead atoms. The van der Waals surface area contributed by atoms with Gasteiger partial charge in [-0.15, -0.1) is 0 Å². The fraction of sp³-hybridized carbons (Fsp3) is 0.583. The number of halogens is 1. The molecule has 2 aromatic rings. The van der Waals surface area contributed by atoms with Gasteiger partial charge in [0, 0.05) is 63.8 Å². The number of fused-ring (bicyclic) bond motifs is 1. The van der Waals surface area contributed by atoms with Gasteiger partial charge in [0.25, 0.3) is 0 Å². The third kappa shape index (κ3) is 3.95. The van der Waals surface area contributed by atoms with Crippen molar-refractivity contribution >= 4 is 5.82 Å². The zero-order valence-corrected chi connectivity index (χ0v) is 18.0. The molecule has 0 amide bonds. The van der Waals surface area contributed by atoms with Crippen LogP contribution in [-0.2, 0) is 19.4 Å². The van der Waals surface area contributed by atoms with Crippen LogP contribution in [-0.4, -0.2) is 65.1 Å². The van der Waals surface area contributed by atoms with Crippen LogP contribution in [0.4, 0.5) is 10.2 Å². The molecule has 3 heterocycles. The van der Waals surface area contributed by atoms with E-state index in [0.29, 0.717) is 0 Å². The molecule has 0 unspecified atom stereocenters. The summed E-state index contributed by atoms with van der Waals surface area (Å²) in [4.78, 5) is 16.9. The molecular formula is C24H32FN5. The summed E-state index contributed by atoms with van der Waals surface area (Å²) in [5.74, 6) is 1.04. The van der Waals surface area contributed by atoms with Crippen molar-refractivity contribution in [1.29, 1.82) is 0 Å². The Morgan fingerprint density at radius 3 is 2.57 bits per heavy atom. The molecule has 6 heteroatoms. The van der Waals surface area contributed by atoms with Gasteiger partial charge in [0.1, 0.15) is 18.0 Å². The first kappa shape index (κ1) is 19.9. The number of hydrogen-bond donors (Lipinski definition) is 0. The zero-order chi connectivity index (χ0) is 20.5. The summed E-state index contributed by atoms with van der Waals surface area (Å²) in [6, 6.07) is 6.24. The van der Waals surface area contributed by atoms with Crippen LogP contribution in [0.5, 0.6) is 0 Å². The Hall–Kier alpha value is -2.05. The minimum atomic E-state index is -0.111. The lowest BCUT2D eigenvalue weighted by atomic mass is 9.91. The van der Waals surface area contributed by atoms with Gasteiger partial charge in [-0.1, -0.05) is 18.6 Å². The smallest absolute Gasteiger partial charge is 0.135 e. The van der Waals surface area contributed by atoms with Crippen LogP contribution in [0.2, 0.25) is 0 Å². The van der Waals surface area contributed by atoms with E-state index in [1.807, 2.05) is 19.1 Å². The average Bonchev–Trinajstić information content (AvgIpc) is 2.93. The van der Waals surface area contributed by atoms with Crippen LogP contribution in [0, 0.1) is 12.7 Å². The van der Waals surface area contributed by atoms with Crippen LogP contribution < -0.4 is 4.90 Å². The number of anilines is 1. The molecule has 1 aromatic carbocycles. The van der Waals surface area contributed by atoms with E-state index >= 15 is 0 Å². The van der Waals surface area contributed by atoms with E-state index in [1.165, 1.54) is 30.5 Å². The van der Waals surface area contributed by atoms with E-state index < -0.39 is 0 Å². The lowest BCUT2D eigenvalue weighted by Gasteiger charge is -2.43. The predicted molar refractivity (Wildman–Crippen MR) is 117 cm³/mol. The average molecular weight is 410 g/mol. The van der Waals surface area contributed by atoms with Crippen LogP contribution in [0.3, 0.4) is 0 Å². The number of hydrogen-bond acceptors (Lipinski definition) is 5. The Bertz CT molecular complexity index is 889. The Kier molecular flexibility index (Phi) is 5.70. The largest absolute Gasteiger partial charge is 0.354 e. The molecule has 2 fully saturated rings. The third-order valence-electron chi connectivity index (χ3n) is 7.33. The number of piperazine rings is 1. The van der Waals surface area contributed by atoms with Crippen molar-refractivity contribution in [3.05, 3.63) is 52.7 Å². The molecule has 1 aliphatic carbocycles. The van der Waals surface area contributed by atoms with Crippen molar-refractivity contribution in [2.75, 3.05) is 44.2 Å². The summed E-state index contributed by atoms with van der Waals surface area (Å²) < 4.78 is 13.9. The van der Waals surface area contributed by atoms with Gasteiger partial charge in [-0.05, 0) is 43.4 Å². The van der Waals surface area contributed by atoms with Crippen LogP contribution in [0.25, 0.3) is 0 Å². The molecule has 30 heavy (non-hydrogen) atoms. The molecule has 1 aromatic heterocycles. The van der Waals surface area contributed by atoms with E-state index in [1.54, 1.807) is 12.4 Å². The first-order chi connectivity index (χ1) is 14.7. The highest BCUT2D eigenvalue weighted by Crippen LogP contribution is 2.29. The highest BCUT2D eigenvalue weighted by molar-refractivity contribution is 5.50. The standard InChI is InChI=1S/C24H32FN5/c1-18-19(4-2-7-22(18)25)16-28-10-8-21-23(9-11-28)26-17-27-24(21)30-14-12-29(13-15-30)20-5-3-6-20/h2,4,7,17,20H,3,5-6,8-16H2,1H3. The van der Waals surface area contributed by atoms with Gasteiger partial charge in [-0.25, -0.2) is 14.4 Å². The lowest BCUT2D eigenvalue weighted by Crippen LogP contribution is -2.52. The summed E-state index contributed by atoms with van der Waals surface area (Å²) in [7, 11) is 0. The second-order valence-electron chi connectivity index (χ2n) is 9.03. The summed E-state index contributed by atoms with van der Waals surface area (Å²) in [5.41, 5.74) is 4.37. The molecule has 0 atom stereocenters. The normalized spacial score (nSPS) is 21.2. The van der Waals surface area contributed by atoms with Crippen molar-refractivity contribution in [3.63, 3.8) is 0 Å². The van der Waals surface area contributed by atoms with Crippen LogP contribution in [0.1, 0.15) is 41.6 Å². The van der Waals surface area contributed by atoms with Crippen molar-refractivity contribution in [1.82, 2.24) is 19.8 Å². The molecule has 5 nitrogen and oxygen atoms in total. The van der Waals surface area contributed by atoms with E-state index in [0.717, 1.165) is 81.6 Å². The fourth-order valence-corrected chi connectivity index (χ4v) is 5.10. The summed E-state index contributed by atoms with van der Waals surface area (Å²) in [5, 5.41) is 0. The number of benzene rings is 1. The molecule has 160 valence electrons. The van der Waals surface area contributed by atoms with Crippen molar-refractivity contribution in [3.8, 4) is 0 Å². The molecular weight excluding hydrogens is 377 g/mol. The number of aromatic nitrogens is 2. The van der Waals surface area contributed by atoms with E-state index in [-0.39, 0.29) is 5.82 Å². The molecule has 5 rings (SSSR count). The fourth-order valence-electron chi connectivity index (χ4n) is 5.10. The maximum Gasteiger partial charge on any atom is 0.135 e. The third-order valence-corrected chi connectivity index (χ3v) is 7.33. The Morgan fingerprint density at radius 2 is 1.80 bits per heavy atom. The maximum absolute atomic E-state index is 13.9. The second-order valence-corrected chi connectivity index (χ2v) is 9.03. The monoisotopic (exact) mass is 409 g/mol. The molecule has 0 N–H and O–H groups in total. The van der Waals surface area contributed by atoms with Gasteiger partial charge in [-0.3, -0.25) is 9.80 Å². The SMILES string of the molecule is Cc1c(F)cccc1CN1CCc2ncnc(N3CCN(C4CCC4)CC3)c2CC1. The number of nitrogens with zero attached hydrogens (tertiary/aromatic N) is 5. The van der Waals surface area contributed by atoms with Gasteiger partial charge in [0.05, 0.1) is 5.69 Å². The summed E-state index contributed by atoms with van der Waals surface area (Å²) >= 11 is 0. The van der Waals surface area contributed by atoms with E-state index in [9.17, 15) is 4.39 Å².